The molecule has 0 N–H and O–H groups in total. The highest BCUT2D eigenvalue weighted by Gasteiger charge is 2.20. The maximum atomic E-state index is 11.9. The monoisotopic (exact) mass is 333 g/mol. The first-order valence-corrected chi connectivity index (χ1v) is 8.08. The average molecular weight is 334 g/mol. The Labute approximate surface area is 142 Å². The summed E-state index contributed by atoms with van der Waals surface area (Å²) in [6, 6.07) is 7.86. The fraction of sp³-hybridized carbons (Fsp3) is 0.421. The van der Waals surface area contributed by atoms with E-state index in [0.29, 0.717) is 5.02 Å². The minimum atomic E-state index is -0.494. The van der Waals surface area contributed by atoms with Crippen molar-refractivity contribution < 1.29 is 9.53 Å². The van der Waals surface area contributed by atoms with Gasteiger partial charge in [0.05, 0.1) is 0 Å². The highest BCUT2D eigenvalue weighted by Crippen LogP contribution is 2.30. The predicted octanol–water partition coefficient (Wildman–Crippen LogP) is 5.40. The van der Waals surface area contributed by atoms with E-state index in [2.05, 4.69) is 25.3 Å². The van der Waals surface area contributed by atoms with Gasteiger partial charge in [0.25, 0.3) is 0 Å². The van der Waals surface area contributed by atoms with Gasteiger partial charge in [0.15, 0.2) is 0 Å². The fourth-order valence-corrected chi connectivity index (χ4v) is 2.75. The minimum absolute atomic E-state index is 0.122. The van der Waals surface area contributed by atoms with Gasteiger partial charge < -0.3 is 9.30 Å². The summed E-state index contributed by atoms with van der Waals surface area (Å²) < 4.78 is 7.52. The standard InChI is InChI=1S/C19H24ClNO2/c1-18(2,3)21-15(8-10-17(22)23-19(4,5)6)12-13-11-14(20)7-9-16(13)21/h7-12H,1-6H3/b10-8+. The Morgan fingerprint density at radius 2 is 1.78 bits per heavy atom. The zero-order valence-corrected chi connectivity index (χ0v) is 15.4. The molecule has 1 aromatic carbocycles. The van der Waals surface area contributed by atoms with Crippen LogP contribution in [0.3, 0.4) is 0 Å². The molecule has 1 heterocycles. The molecule has 124 valence electrons. The van der Waals surface area contributed by atoms with E-state index in [9.17, 15) is 4.79 Å². The number of esters is 1. The number of rotatable bonds is 2. The molecule has 1 aromatic heterocycles. The number of hydrogen-bond donors (Lipinski definition) is 0. The first-order chi connectivity index (χ1) is 10.5. The molecular formula is C19H24ClNO2. The molecule has 0 saturated heterocycles. The zero-order chi connectivity index (χ0) is 17.4. The van der Waals surface area contributed by atoms with Crippen molar-refractivity contribution in [2.24, 2.45) is 0 Å². The number of hydrogen-bond acceptors (Lipinski definition) is 2. The van der Waals surface area contributed by atoms with Crippen LogP contribution < -0.4 is 0 Å². The summed E-state index contributed by atoms with van der Waals surface area (Å²) >= 11 is 6.09. The number of aromatic nitrogens is 1. The number of halogens is 1. The molecule has 0 aliphatic carbocycles. The maximum absolute atomic E-state index is 11.9. The van der Waals surface area contributed by atoms with Gasteiger partial charge in [-0.2, -0.15) is 0 Å². The summed E-state index contributed by atoms with van der Waals surface area (Å²) in [5, 5.41) is 1.75. The fourth-order valence-electron chi connectivity index (χ4n) is 2.57. The SMILES string of the molecule is CC(C)(C)OC(=O)/C=C/c1cc2cc(Cl)ccc2n1C(C)(C)C. The van der Waals surface area contributed by atoms with Crippen molar-refractivity contribution in [3.8, 4) is 0 Å². The number of benzene rings is 1. The quantitative estimate of drug-likeness (QED) is 0.544. The second-order valence-electron chi connectivity index (χ2n) is 7.65. The second-order valence-corrected chi connectivity index (χ2v) is 8.08. The molecule has 0 unspecified atom stereocenters. The Morgan fingerprint density at radius 1 is 1.13 bits per heavy atom. The summed E-state index contributed by atoms with van der Waals surface area (Å²) in [6.45, 7) is 12.0. The van der Waals surface area contributed by atoms with Crippen molar-refractivity contribution in [3.63, 3.8) is 0 Å². The molecule has 0 atom stereocenters. The van der Waals surface area contributed by atoms with Gasteiger partial charge >= 0.3 is 5.97 Å². The van der Waals surface area contributed by atoms with Gasteiger partial charge in [0, 0.05) is 33.2 Å². The van der Waals surface area contributed by atoms with Crippen molar-refractivity contribution in [2.75, 3.05) is 0 Å². The highest BCUT2D eigenvalue weighted by atomic mass is 35.5. The van der Waals surface area contributed by atoms with Crippen molar-refractivity contribution >= 4 is 34.5 Å². The number of nitrogens with zero attached hydrogens (tertiary/aromatic N) is 1. The summed E-state index contributed by atoms with van der Waals surface area (Å²) in [7, 11) is 0. The third kappa shape index (κ3) is 4.38. The van der Waals surface area contributed by atoms with E-state index >= 15 is 0 Å². The van der Waals surface area contributed by atoms with Crippen LogP contribution in [-0.4, -0.2) is 16.1 Å². The summed E-state index contributed by atoms with van der Waals surface area (Å²) in [5.74, 6) is -0.346. The van der Waals surface area contributed by atoms with Crippen LogP contribution in [0.25, 0.3) is 17.0 Å². The third-order valence-corrected chi connectivity index (χ3v) is 3.49. The zero-order valence-electron chi connectivity index (χ0n) is 14.6. The van der Waals surface area contributed by atoms with Crippen LogP contribution in [0.5, 0.6) is 0 Å². The Kier molecular flexibility index (Phi) is 4.63. The van der Waals surface area contributed by atoms with E-state index in [1.165, 1.54) is 6.08 Å². The molecule has 23 heavy (non-hydrogen) atoms. The van der Waals surface area contributed by atoms with Gasteiger partial charge in [-0.25, -0.2) is 4.79 Å². The van der Waals surface area contributed by atoms with E-state index in [1.807, 2.05) is 45.0 Å². The van der Waals surface area contributed by atoms with Crippen LogP contribution in [0.1, 0.15) is 47.2 Å². The Morgan fingerprint density at radius 3 is 2.35 bits per heavy atom. The van der Waals surface area contributed by atoms with Crippen LogP contribution in [0.4, 0.5) is 0 Å². The largest absolute Gasteiger partial charge is 0.457 e. The molecular weight excluding hydrogens is 310 g/mol. The summed E-state index contributed by atoms with van der Waals surface area (Å²) in [4.78, 5) is 11.9. The molecule has 0 saturated carbocycles. The van der Waals surface area contributed by atoms with Crippen LogP contribution in [0.2, 0.25) is 5.02 Å². The molecule has 3 nitrogen and oxygen atoms in total. The lowest BCUT2D eigenvalue weighted by atomic mass is 10.1. The molecule has 0 fully saturated rings. The normalized spacial score (nSPS) is 13.0. The highest BCUT2D eigenvalue weighted by molar-refractivity contribution is 6.31. The lowest BCUT2D eigenvalue weighted by molar-refractivity contribution is -0.148. The van der Waals surface area contributed by atoms with Crippen molar-refractivity contribution in [1.82, 2.24) is 4.57 Å². The van der Waals surface area contributed by atoms with Gasteiger partial charge in [-0.15, -0.1) is 0 Å². The molecule has 0 aliphatic rings. The van der Waals surface area contributed by atoms with E-state index < -0.39 is 5.60 Å². The lowest BCUT2D eigenvalue weighted by Gasteiger charge is -2.25. The van der Waals surface area contributed by atoms with Crippen molar-refractivity contribution in [1.29, 1.82) is 0 Å². The molecule has 0 spiro atoms. The first-order valence-electron chi connectivity index (χ1n) is 7.70. The van der Waals surface area contributed by atoms with E-state index in [-0.39, 0.29) is 11.5 Å². The van der Waals surface area contributed by atoms with Gasteiger partial charge in [0.2, 0.25) is 0 Å². The van der Waals surface area contributed by atoms with E-state index in [0.717, 1.165) is 16.6 Å². The molecule has 0 bridgehead atoms. The van der Waals surface area contributed by atoms with Crippen LogP contribution in [0, 0.1) is 0 Å². The van der Waals surface area contributed by atoms with Crippen molar-refractivity contribution in [2.45, 2.75) is 52.7 Å². The molecule has 0 aliphatic heterocycles. The topological polar surface area (TPSA) is 31.2 Å². The van der Waals surface area contributed by atoms with Crippen LogP contribution in [-0.2, 0) is 15.1 Å². The summed E-state index contributed by atoms with van der Waals surface area (Å²) in [5.41, 5.74) is 1.42. The molecule has 4 heteroatoms. The lowest BCUT2D eigenvalue weighted by Crippen LogP contribution is -2.23. The van der Waals surface area contributed by atoms with E-state index in [4.69, 9.17) is 16.3 Å². The van der Waals surface area contributed by atoms with Crippen LogP contribution in [0.15, 0.2) is 30.3 Å². The number of carbonyl (C=O) groups is 1. The van der Waals surface area contributed by atoms with Crippen LogP contribution >= 0.6 is 11.6 Å². The number of carbonyl (C=O) groups excluding carboxylic acids is 1. The average Bonchev–Trinajstić information content (AvgIpc) is 2.71. The van der Waals surface area contributed by atoms with Crippen molar-refractivity contribution in [3.05, 3.63) is 41.1 Å². The molecule has 2 rings (SSSR count). The Balaban J connectivity index is 2.46. The predicted molar refractivity (Wildman–Crippen MR) is 96.8 cm³/mol. The van der Waals surface area contributed by atoms with Gasteiger partial charge in [-0.3, -0.25) is 0 Å². The Bertz CT molecular complexity index is 758. The summed E-state index contributed by atoms with van der Waals surface area (Å²) in [6.07, 6.45) is 3.27. The van der Waals surface area contributed by atoms with Gasteiger partial charge in [0.1, 0.15) is 5.60 Å². The number of fused-ring (bicyclic) bond motifs is 1. The first kappa shape index (κ1) is 17.6. The van der Waals surface area contributed by atoms with Gasteiger partial charge in [-0.1, -0.05) is 11.6 Å². The molecule has 0 amide bonds. The molecule has 0 radical (unpaired) electrons. The number of ether oxygens (including phenoxy) is 1. The maximum Gasteiger partial charge on any atom is 0.331 e. The van der Waals surface area contributed by atoms with E-state index in [1.54, 1.807) is 6.08 Å². The second kappa shape index (κ2) is 6.04. The molecule has 2 aromatic rings. The smallest absolute Gasteiger partial charge is 0.331 e. The van der Waals surface area contributed by atoms with Gasteiger partial charge in [-0.05, 0) is 71.9 Å². The third-order valence-electron chi connectivity index (χ3n) is 3.26. The minimum Gasteiger partial charge on any atom is -0.457 e. The Hall–Kier alpha value is -1.74.